The average molecular weight is 268 g/mol. The number of aliphatic hydroxyl groups excluding tert-OH is 1. The van der Waals surface area contributed by atoms with Gasteiger partial charge in [-0.05, 0) is 17.7 Å². The van der Waals surface area contributed by atoms with Crippen molar-refractivity contribution in [2.75, 3.05) is 30.5 Å². The molecule has 0 saturated heterocycles. The molecule has 0 aliphatic rings. The lowest BCUT2D eigenvalue weighted by Crippen LogP contribution is -2.25. The summed E-state index contributed by atoms with van der Waals surface area (Å²) in [6.07, 6.45) is 1.18. The van der Waals surface area contributed by atoms with E-state index in [-0.39, 0.29) is 12.4 Å². The van der Waals surface area contributed by atoms with Crippen molar-refractivity contribution in [3.05, 3.63) is 29.3 Å². The van der Waals surface area contributed by atoms with E-state index < -0.39 is 9.84 Å². The maximum absolute atomic E-state index is 11.1. The van der Waals surface area contributed by atoms with Crippen LogP contribution in [0.3, 0.4) is 0 Å². The minimum Gasteiger partial charge on any atom is -0.392 e. The number of sulfone groups is 1. The fraction of sp³-hybridized carbons (Fsp3) is 0.417. The van der Waals surface area contributed by atoms with Gasteiger partial charge in [-0.1, -0.05) is 6.07 Å². The van der Waals surface area contributed by atoms with Crippen LogP contribution in [0.15, 0.2) is 18.2 Å². The quantitative estimate of drug-likeness (QED) is 0.842. The lowest BCUT2D eigenvalue weighted by atomic mass is 10.1. The van der Waals surface area contributed by atoms with Crippen molar-refractivity contribution >= 4 is 15.5 Å². The van der Waals surface area contributed by atoms with Gasteiger partial charge < -0.3 is 10.0 Å². The first kappa shape index (κ1) is 14.5. The topological polar surface area (TPSA) is 81.4 Å². The molecule has 0 fully saturated rings. The van der Waals surface area contributed by atoms with E-state index in [0.29, 0.717) is 23.4 Å². The van der Waals surface area contributed by atoms with Gasteiger partial charge >= 0.3 is 0 Å². The summed E-state index contributed by atoms with van der Waals surface area (Å²) in [5.74, 6) is 0.0378. The molecule has 18 heavy (non-hydrogen) atoms. The highest BCUT2D eigenvalue weighted by Gasteiger charge is 2.10. The van der Waals surface area contributed by atoms with Gasteiger partial charge in [-0.15, -0.1) is 0 Å². The number of rotatable bonds is 5. The normalized spacial score (nSPS) is 11.0. The highest BCUT2D eigenvalue weighted by molar-refractivity contribution is 7.90. The van der Waals surface area contributed by atoms with Crippen molar-refractivity contribution in [1.29, 1.82) is 5.26 Å². The monoisotopic (exact) mass is 268 g/mol. The first-order chi connectivity index (χ1) is 8.37. The van der Waals surface area contributed by atoms with Gasteiger partial charge in [-0.3, -0.25) is 0 Å². The van der Waals surface area contributed by atoms with Crippen molar-refractivity contribution < 1.29 is 13.5 Å². The number of benzene rings is 1. The number of anilines is 1. The van der Waals surface area contributed by atoms with E-state index in [1.54, 1.807) is 30.1 Å². The van der Waals surface area contributed by atoms with Crippen LogP contribution >= 0.6 is 0 Å². The Labute approximate surface area is 107 Å². The van der Waals surface area contributed by atoms with Crippen LogP contribution in [-0.4, -0.2) is 39.1 Å². The molecule has 0 bridgehead atoms. The number of nitrogens with zero attached hydrogens (tertiary/aromatic N) is 2. The zero-order valence-corrected chi connectivity index (χ0v) is 11.2. The summed E-state index contributed by atoms with van der Waals surface area (Å²) in [5.41, 5.74) is 1.75. The lowest BCUT2D eigenvalue weighted by Gasteiger charge is -2.20. The Kier molecular flexibility index (Phi) is 4.70. The summed E-state index contributed by atoms with van der Waals surface area (Å²) < 4.78 is 22.2. The highest BCUT2D eigenvalue weighted by Crippen LogP contribution is 2.20. The van der Waals surface area contributed by atoms with Crippen molar-refractivity contribution in [2.45, 2.75) is 6.61 Å². The molecule has 1 N–H and O–H groups in total. The average Bonchev–Trinajstić information content (AvgIpc) is 2.34. The second kappa shape index (κ2) is 5.85. The van der Waals surface area contributed by atoms with Crippen LogP contribution < -0.4 is 4.90 Å². The van der Waals surface area contributed by atoms with Crippen LogP contribution in [-0.2, 0) is 16.4 Å². The molecule has 0 heterocycles. The highest BCUT2D eigenvalue weighted by atomic mass is 32.2. The Morgan fingerprint density at radius 1 is 1.44 bits per heavy atom. The molecule has 98 valence electrons. The Morgan fingerprint density at radius 2 is 2.11 bits per heavy atom. The number of hydrogen-bond acceptors (Lipinski definition) is 5. The van der Waals surface area contributed by atoms with Gasteiger partial charge in [0.25, 0.3) is 0 Å². The summed E-state index contributed by atoms with van der Waals surface area (Å²) >= 11 is 0. The molecule has 0 amide bonds. The first-order valence-electron chi connectivity index (χ1n) is 5.40. The molecule has 0 spiro atoms. The molecule has 1 rings (SSSR count). The zero-order chi connectivity index (χ0) is 13.8. The second-order valence-electron chi connectivity index (χ2n) is 4.17. The fourth-order valence-electron chi connectivity index (χ4n) is 1.53. The Hall–Kier alpha value is -1.58. The lowest BCUT2D eigenvalue weighted by molar-refractivity contribution is 0.282. The molecular weight excluding hydrogens is 252 g/mol. The minimum absolute atomic E-state index is 0.0378. The molecule has 5 nitrogen and oxygen atoms in total. The molecule has 0 aliphatic heterocycles. The van der Waals surface area contributed by atoms with Crippen molar-refractivity contribution in [3.8, 4) is 6.07 Å². The Morgan fingerprint density at radius 3 is 2.61 bits per heavy atom. The van der Waals surface area contributed by atoms with Gasteiger partial charge in [-0.25, -0.2) is 8.42 Å². The number of hydrogen-bond donors (Lipinski definition) is 1. The van der Waals surface area contributed by atoms with E-state index in [1.165, 1.54) is 6.26 Å². The van der Waals surface area contributed by atoms with E-state index in [9.17, 15) is 8.42 Å². The summed E-state index contributed by atoms with van der Waals surface area (Å²) in [6, 6.07) is 7.08. The van der Waals surface area contributed by atoms with E-state index >= 15 is 0 Å². The van der Waals surface area contributed by atoms with Crippen LogP contribution in [0.4, 0.5) is 5.69 Å². The number of aliphatic hydroxyl groups is 1. The van der Waals surface area contributed by atoms with Crippen LogP contribution in [0.2, 0.25) is 0 Å². The third-order valence-electron chi connectivity index (χ3n) is 2.57. The Balaban J connectivity index is 2.92. The largest absolute Gasteiger partial charge is 0.392 e. The van der Waals surface area contributed by atoms with Crippen LogP contribution in [0.25, 0.3) is 0 Å². The van der Waals surface area contributed by atoms with Crippen LogP contribution in [0.5, 0.6) is 0 Å². The van der Waals surface area contributed by atoms with Crippen molar-refractivity contribution in [2.24, 2.45) is 0 Å². The van der Waals surface area contributed by atoms with Gasteiger partial charge in [0.15, 0.2) is 0 Å². The molecule has 0 unspecified atom stereocenters. The SMILES string of the molecule is CN(CCS(C)(=O)=O)c1ccc(CO)cc1C#N. The Bertz CT molecular complexity index is 561. The standard InChI is InChI=1S/C12H16N2O3S/c1-14(5-6-18(2,16)17)12-4-3-10(9-15)7-11(12)8-13/h3-4,7,15H,5-6,9H2,1-2H3. The van der Waals surface area contributed by atoms with Gasteiger partial charge in [0.2, 0.25) is 0 Å². The third-order valence-corrected chi connectivity index (χ3v) is 3.50. The second-order valence-corrected chi connectivity index (χ2v) is 6.43. The third kappa shape index (κ3) is 4.02. The van der Waals surface area contributed by atoms with Crippen LogP contribution in [0.1, 0.15) is 11.1 Å². The predicted octanol–water partition coefficient (Wildman–Crippen LogP) is 0.531. The molecule has 0 aliphatic carbocycles. The molecule has 1 aromatic carbocycles. The van der Waals surface area contributed by atoms with E-state index in [2.05, 4.69) is 0 Å². The summed E-state index contributed by atoms with van der Waals surface area (Å²) in [7, 11) is -1.29. The fourth-order valence-corrected chi connectivity index (χ4v) is 2.13. The molecule has 0 atom stereocenters. The van der Waals surface area contributed by atoms with E-state index in [0.717, 1.165) is 0 Å². The van der Waals surface area contributed by atoms with Gasteiger partial charge in [-0.2, -0.15) is 5.26 Å². The molecule has 0 radical (unpaired) electrons. The molecule has 6 heteroatoms. The summed E-state index contributed by atoms with van der Waals surface area (Å²) in [6.45, 7) is 0.202. The predicted molar refractivity (Wildman–Crippen MR) is 70.1 cm³/mol. The molecule has 1 aromatic rings. The van der Waals surface area contributed by atoms with Gasteiger partial charge in [0.1, 0.15) is 15.9 Å². The maximum Gasteiger partial charge on any atom is 0.149 e. The van der Waals surface area contributed by atoms with E-state index in [4.69, 9.17) is 10.4 Å². The van der Waals surface area contributed by atoms with Crippen molar-refractivity contribution in [1.82, 2.24) is 0 Å². The summed E-state index contributed by atoms with van der Waals surface area (Å²) in [4.78, 5) is 1.72. The molecule has 0 saturated carbocycles. The van der Waals surface area contributed by atoms with Crippen LogP contribution in [0, 0.1) is 11.3 Å². The van der Waals surface area contributed by atoms with Crippen molar-refractivity contribution in [3.63, 3.8) is 0 Å². The summed E-state index contributed by atoms with van der Waals surface area (Å²) in [5, 5.41) is 18.0. The minimum atomic E-state index is -3.02. The van der Waals surface area contributed by atoms with Gasteiger partial charge in [0.05, 0.1) is 23.6 Å². The van der Waals surface area contributed by atoms with E-state index in [1.807, 2.05) is 6.07 Å². The van der Waals surface area contributed by atoms with Gasteiger partial charge in [0, 0.05) is 19.8 Å². The zero-order valence-electron chi connectivity index (χ0n) is 10.4. The number of nitriles is 1. The maximum atomic E-state index is 11.1. The first-order valence-corrected chi connectivity index (χ1v) is 7.46. The molecular formula is C12H16N2O3S. The molecule has 0 aromatic heterocycles. The smallest absolute Gasteiger partial charge is 0.149 e.